The molecule has 0 N–H and O–H groups in total. The summed E-state index contributed by atoms with van der Waals surface area (Å²) < 4.78 is 21.5. The zero-order valence-corrected chi connectivity index (χ0v) is 17.0. The van der Waals surface area contributed by atoms with Crippen molar-refractivity contribution in [3.8, 4) is 17.1 Å². The Hall–Kier alpha value is -2.05. The molecule has 3 rings (SSSR count). The second-order valence-electron chi connectivity index (χ2n) is 6.58. The van der Waals surface area contributed by atoms with E-state index in [2.05, 4.69) is 24.0 Å². The van der Waals surface area contributed by atoms with Crippen LogP contribution in [0.2, 0.25) is 5.02 Å². The average Bonchev–Trinajstić information content (AvgIpc) is 3.01. The van der Waals surface area contributed by atoms with Gasteiger partial charge in [0.05, 0.1) is 6.61 Å². The van der Waals surface area contributed by atoms with Crippen molar-refractivity contribution in [2.24, 2.45) is 13.0 Å². The third kappa shape index (κ3) is 4.82. The first-order valence-corrected chi connectivity index (χ1v) is 10.0. The monoisotopic (exact) mass is 405 g/mol. The van der Waals surface area contributed by atoms with E-state index >= 15 is 0 Å². The maximum atomic E-state index is 13.9. The normalized spacial score (nSPS) is 11.2. The summed E-state index contributed by atoms with van der Waals surface area (Å²) in [6, 6.07) is 12.5. The Morgan fingerprint density at radius 1 is 1.15 bits per heavy atom. The molecule has 0 aliphatic rings. The predicted molar refractivity (Wildman–Crippen MR) is 108 cm³/mol. The maximum absolute atomic E-state index is 13.9. The molecular weight excluding hydrogens is 385 g/mol. The van der Waals surface area contributed by atoms with Crippen LogP contribution in [0.5, 0.6) is 5.75 Å². The van der Waals surface area contributed by atoms with Crippen molar-refractivity contribution in [2.45, 2.75) is 24.8 Å². The zero-order chi connectivity index (χ0) is 19.4. The Morgan fingerprint density at radius 2 is 1.89 bits per heavy atom. The Bertz CT molecular complexity index is 892. The average molecular weight is 406 g/mol. The molecule has 0 unspecified atom stereocenters. The fourth-order valence-electron chi connectivity index (χ4n) is 2.46. The summed E-state index contributed by atoms with van der Waals surface area (Å²) in [4.78, 5) is 0. The number of nitrogens with zero attached hydrogens (tertiary/aromatic N) is 3. The van der Waals surface area contributed by atoms with Crippen LogP contribution in [0.4, 0.5) is 4.39 Å². The molecule has 0 aliphatic heterocycles. The third-order valence-electron chi connectivity index (χ3n) is 3.94. The van der Waals surface area contributed by atoms with Crippen LogP contribution < -0.4 is 4.74 Å². The van der Waals surface area contributed by atoms with Gasteiger partial charge in [-0.1, -0.05) is 43.3 Å². The summed E-state index contributed by atoms with van der Waals surface area (Å²) in [5.74, 6) is 2.13. The van der Waals surface area contributed by atoms with Crippen molar-refractivity contribution >= 4 is 23.4 Å². The SMILES string of the molecule is CC(C)COc1ccc(-c2nnc(SCc3c(F)cccc3Cl)n2C)cc1. The Morgan fingerprint density at radius 3 is 2.56 bits per heavy atom. The molecule has 1 aromatic heterocycles. The number of thioether (sulfide) groups is 1. The van der Waals surface area contributed by atoms with E-state index in [0.29, 0.717) is 34.0 Å². The standard InChI is InChI=1S/C20H21ClFN3OS/c1-13(2)11-26-15-9-7-14(8-10-15)19-23-24-20(25(19)3)27-12-16-17(21)5-4-6-18(16)22/h4-10,13H,11-12H2,1-3H3. The van der Waals surface area contributed by atoms with Crippen LogP contribution in [0.3, 0.4) is 0 Å². The van der Waals surface area contributed by atoms with Crippen LogP contribution >= 0.6 is 23.4 Å². The number of hydrogen-bond acceptors (Lipinski definition) is 4. The minimum Gasteiger partial charge on any atom is -0.493 e. The van der Waals surface area contributed by atoms with Crippen LogP contribution in [-0.2, 0) is 12.8 Å². The highest BCUT2D eigenvalue weighted by atomic mass is 35.5. The number of aromatic nitrogens is 3. The fraction of sp³-hybridized carbons (Fsp3) is 0.300. The molecule has 2 aromatic carbocycles. The molecular formula is C20H21ClFN3OS. The van der Waals surface area contributed by atoms with E-state index in [0.717, 1.165) is 17.1 Å². The highest BCUT2D eigenvalue weighted by Crippen LogP contribution is 2.29. The predicted octanol–water partition coefficient (Wildman–Crippen LogP) is 5.60. The first kappa shape index (κ1) is 19.7. The molecule has 27 heavy (non-hydrogen) atoms. The zero-order valence-electron chi connectivity index (χ0n) is 15.4. The Labute approximate surface area is 167 Å². The summed E-state index contributed by atoms with van der Waals surface area (Å²) in [5.41, 5.74) is 1.41. The summed E-state index contributed by atoms with van der Waals surface area (Å²) in [6.45, 7) is 4.91. The van der Waals surface area contributed by atoms with E-state index in [4.69, 9.17) is 16.3 Å². The lowest BCUT2D eigenvalue weighted by Crippen LogP contribution is -2.04. The number of benzene rings is 2. The summed E-state index contributed by atoms with van der Waals surface area (Å²) in [7, 11) is 1.89. The van der Waals surface area contributed by atoms with Gasteiger partial charge in [-0.3, -0.25) is 0 Å². The minimum absolute atomic E-state index is 0.311. The van der Waals surface area contributed by atoms with Crippen LogP contribution in [-0.4, -0.2) is 21.4 Å². The number of hydrogen-bond donors (Lipinski definition) is 0. The molecule has 0 atom stereocenters. The van der Waals surface area contributed by atoms with Crippen LogP contribution in [0.1, 0.15) is 19.4 Å². The molecule has 0 saturated heterocycles. The van der Waals surface area contributed by atoms with Crippen LogP contribution in [0.15, 0.2) is 47.6 Å². The van der Waals surface area contributed by atoms with Gasteiger partial charge in [0.25, 0.3) is 0 Å². The number of halogens is 2. The molecule has 0 saturated carbocycles. The van der Waals surface area contributed by atoms with Crippen molar-refractivity contribution in [1.82, 2.24) is 14.8 Å². The van der Waals surface area contributed by atoms with Gasteiger partial charge in [0.15, 0.2) is 11.0 Å². The molecule has 142 valence electrons. The molecule has 0 bridgehead atoms. The van der Waals surface area contributed by atoms with Gasteiger partial charge in [0.2, 0.25) is 0 Å². The lowest BCUT2D eigenvalue weighted by molar-refractivity contribution is 0.271. The maximum Gasteiger partial charge on any atom is 0.191 e. The first-order valence-electron chi connectivity index (χ1n) is 8.64. The molecule has 0 amide bonds. The second kappa shape index (κ2) is 8.76. The van der Waals surface area contributed by atoms with Gasteiger partial charge in [-0.2, -0.15) is 0 Å². The van der Waals surface area contributed by atoms with Gasteiger partial charge in [0, 0.05) is 29.0 Å². The number of rotatable bonds is 7. The van der Waals surface area contributed by atoms with E-state index in [1.165, 1.54) is 17.8 Å². The molecule has 3 aromatic rings. The van der Waals surface area contributed by atoms with Crippen molar-refractivity contribution in [3.63, 3.8) is 0 Å². The van der Waals surface area contributed by atoms with E-state index < -0.39 is 0 Å². The van der Waals surface area contributed by atoms with Crippen molar-refractivity contribution in [3.05, 3.63) is 58.9 Å². The van der Waals surface area contributed by atoms with Crippen molar-refractivity contribution in [2.75, 3.05) is 6.61 Å². The van der Waals surface area contributed by atoms with Crippen molar-refractivity contribution < 1.29 is 9.13 Å². The molecule has 0 fully saturated rings. The Kier molecular flexibility index (Phi) is 6.39. The minimum atomic E-state index is -0.311. The fourth-order valence-corrected chi connectivity index (χ4v) is 3.72. The van der Waals surface area contributed by atoms with Gasteiger partial charge < -0.3 is 9.30 Å². The van der Waals surface area contributed by atoms with Gasteiger partial charge in [-0.15, -0.1) is 10.2 Å². The van der Waals surface area contributed by atoms with E-state index in [9.17, 15) is 4.39 Å². The van der Waals surface area contributed by atoms with Gasteiger partial charge >= 0.3 is 0 Å². The van der Waals surface area contributed by atoms with Gasteiger partial charge in [-0.05, 0) is 42.3 Å². The number of ether oxygens (including phenoxy) is 1. The Balaban J connectivity index is 1.71. The second-order valence-corrected chi connectivity index (χ2v) is 7.93. The summed E-state index contributed by atoms with van der Waals surface area (Å²) >= 11 is 7.49. The third-order valence-corrected chi connectivity index (χ3v) is 5.34. The van der Waals surface area contributed by atoms with Crippen LogP contribution in [0.25, 0.3) is 11.4 Å². The van der Waals surface area contributed by atoms with E-state index in [1.54, 1.807) is 12.1 Å². The molecule has 4 nitrogen and oxygen atoms in total. The van der Waals surface area contributed by atoms with Crippen LogP contribution in [0, 0.1) is 11.7 Å². The smallest absolute Gasteiger partial charge is 0.191 e. The van der Waals surface area contributed by atoms with Crippen molar-refractivity contribution in [1.29, 1.82) is 0 Å². The molecule has 0 aliphatic carbocycles. The highest BCUT2D eigenvalue weighted by Gasteiger charge is 2.14. The largest absolute Gasteiger partial charge is 0.493 e. The van der Waals surface area contributed by atoms with Gasteiger partial charge in [-0.25, -0.2) is 4.39 Å². The summed E-state index contributed by atoms with van der Waals surface area (Å²) in [5, 5.41) is 9.62. The first-order chi connectivity index (χ1) is 13.0. The summed E-state index contributed by atoms with van der Waals surface area (Å²) in [6.07, 6.45) is 0. The van der Waals surface area contributed by atoms with Gasteiger partial charge in [0.1, 0.15) is 11.6 Å². The quantitative estimate of drug-likeness (QED) is 0.479. The highest BCUT2D eigenvalue weighted by molar-refractivity contribution is 7.98. The molecule has 7 heteroatoms. The molecule has 0 radical (unpaired) electrons. The lowest BCUT2D eigenvalue weighted by Gasteiger charge is -2.09. The molecule has 1 heterocycles. The molecule has 0 spiro atoms. The topological polar surface area (TPSA) is 39.9 Å². The van der Waals surface area contributed by atoms with E-state index in [-0.39, 0.29) is 5.82 Å². The lowest BCUT2D eigenvalue weighted by atomic mass is 10.2. The van der Waals surface area contributed by atoms with E-state index in [1.807, 2.05) is 35.9 Å².